The number of ketones is 1. The molecule has 0 fully saturated rings. The van der Waals surface area contributed by atoms with Crippen molar-refractivity contribution in [3.8, 4) is 0 Å². The van der Waals surface area contributed by atoms with E-state index in [1.165, 1.54) is 0 Å². The van der Waals surface area contributed by atoms with Crippen molar-refractivity contribution in [2.75, 3.05) is 4.90 Å². The van der Waals surface area contributed by atoms with Crippen LogP contribution in [0.5, 0.6) is 0 Å². The number of aliphatic imine (C=N–C) groups is 1. The van der Waals surface area contributed by atoms with Crippen LogP contribution in [0.1, 0.15) is 31.4 Å². The van der Waals surface area contributed by atoms with E-state index in [0.717, 1.165) is 22.9 Å². The van der Waals surface area contributed by atoms with Crippen LogP contribution in [0, 0.1) is 0 Å². The lowest BCUT2D eigenvalue weighted by molar-refractivity contribution is -0.119. The van der Waals surface area contributed by atoms with E-state index in [-0.39, 0.29) is 11.8 Å². The van der Waals surface area contributed by atoms with Crippen molar-refractivity contribution in [1.82, 2.24) is 9.55 Å². The van der Waals surface area contributed by atoms with Gasteiger partial charge < -0.3 is 4.90 Å². The topological polar surface area (TPSA) is 50.5 Å². The van der Waals surface area contributed by atoms with Crippen LogP contribution in [-0.2, 0) is 4.79 Å². The second-order valence-corrected chi connectivity index (χ2v) is 6.26. The summed E-state index contributed by atoms with van der Waals surface area (Å²) < 4.78 is 1.90. The SMILES string of the molecule is CCC(=O)CC1c2ccccc2N=C(n2ccnc2)N1c1ccccc1. The van der Waals surface area contributed by atoms with E-state index in [1.807, 2.05) is 66.2 Å². The highest BCUT2D eigenvalue weighted by atomic mass is 16.1. The highest BCUT2D eigenvalue weighted by Gasteiger charge is 2.33. The first-order valence-corrected chi connectivity index (χ1v) is 8.80. The maximum atomic E-state index is 12.4. The van der Waals surface area contributed by atoms with E-state index in [0.29, 0.717) is 12.8 Å². The molecule has 4 rings (SSSR count). The van der Waals surface area contributed by atoms with Gasteiger partial charge in [-0.05, 0) is 18.2 Å². The normalized spacial score (nSPS) is 16.1. The second kappa shape index (κ2) is 6.96. The third kappa shape index (κ3) is 2.92. The molecule has 5 heteroatoms. The zero-order valence-electron chi connectivity index (χ0n) is 14.6. The van der Waals surface area contributed by atoms with Crippen LogP contribution < -0.4 is 4.90 Å². The Morgan fingerprint density at radius 3 is 2.58 bits per heavy atom. The van der Waals surface area contributed by atoms with Crippen molar-refractivity contribution in [3.63, 3.8) is 0 Å². The standard InChI is InChI=1S/C21H20N4O/c1-2-17(26)14-20-18-10-6-7-11-19(18)23-21(24-13-12-22-15-24)25(20)16-8-4-3-5-9-16/h3-13,15,20H,2,14H2,1H3. The Morgan fingerprint density at radius 2 is 1.85 bits per heavy atom. The highest BCUT2D eigenvalue weighted by Crippen LogP contribution is 2.40. The summed E-state index contributed by atoms with van der Waals surface area (Å²) in [5.41, 5.74) is 2.97. The summed E-state index contributed by atoms with van der Waals surface area (Å²) in [6.07, 6.45) is 6.32. The van der Waals surface area contributed by atoms with Gasteiger partial charge in [0.05, 0.1) is 11.7 Å². The van der Waals surface area contributed by atoms with Gasteiger partial charge in [-0.2, -0.15) is 0 Å². The number of hydrogen-bond acceptors (Lipinski definition) is 4. The van der Waals surface area contributed by atoms with Gasteiger partial charge >= 0.3 is 0 Å². The lowest BCUT2D eigenvalue weighted by Crippen LogP contribution is -2.41. The van der Waals surface area contributed by atoms with E-state index in [9.17, 15) is 4.79 Å². The first-order chi connectivity index (χ1) is 12.8. The van der Waals surface area contributed by atoms with Crippen molar-refractivity contribution in [2.24, 2.45) is 4.99 Å². The van der Waals surface area contributed by atoms with Gasteiger partial charge in [-0.3, -0.25) is 9.36 Å². The molecule has 130 valence electrons. The fourth-order valence-electron chi connectivity index (χ4n) is 3.32. The van der Waals surface area contributed by atoms with Gasteiger partial charge in [0.25, 0.3) is 0 Å². The van der Waals surface area contributed by atoms with E-state index in [4.69, 9.17) is 4.99 Å². The molecule has 5 nitrogen and oxygen atoms in total. The minimum absolute atomic E-state index is 0.101. The van der Waals surface area contributed by atoms with Gasteiger partial charge in [0.2, 0.25) is 5.96 Å². The molecule has 0 radical (unpaired) electrons. The van der Waals surface area contributed by atoms with Gasteiger partial charge in [0, 0.05) is 36.5 Å². The number of anilines is 1. The zero-order valence-corrected chi connectivity index (χ0v) is 14.6. The average molecular weight is 344 g/mol. The predicted octanol–water partition coefficient (Wildman–Crippen LogP) is 4.35. The smallest absolute Gasteiger partial charge is 0.216 e. The van der Waals surface area contributed by atoms with Crippen molar-refractivity contribution in [3.05, 3.63) is 78.9 Å². The van der Waals surface area contributed by atoms with Gasteiger partial charge in [-0.15, -0.1) is 0 Å². The number of rotatable bonds is 4. The number of Topliss-reactive ketones (excluding diaryl/α,β-unsaturated/α-hetero) is 1. The van der Waals surface area contributed by atoms with E-state index in [1.54, 1.807) is 12.5 Å². The predicted molar refractivity (Wildman–Crippen MR) is 103 cm³/mol. The number of imidazole rings is 1. The van der Waals surface area contributed by atoms with Crippen LogP contribution >= 0.6 is 0 Å². The third-order valence-corrected chi connectivity index (χ3v) is 4.63. The van der Waals surface area contributed by atoms with Gasteiger partial charge in [0.15, 0.2) is 0 Å². The molecular formula is C21H20N4O. The highest BCUT2D eigenvalue weighted by molar-refractivity contribution is 6.02. The van der Waals surface area contributed by atoms with Crippen LogP contribution in [0.15, 0.2) is 78.3 Å². The Bertz CT molecular complexity index is 932. The maximum Gasteiger partial charge on any atom is 0.216 e. The summed E-state index contributed by atoms with van der Waals surface area (Å²) in [5.74, 6) is 0.985. The number of fused-ring (bicyclic) bond motifs is 1. The number of para-hydroxylation sites is 2. The van der Waals surface area contributed by atoms with Crippen LogP contribution in [0.3, 0.4) is 0 Å². The van der Waals surface area contributed by atoms with Gasteiger partial charge in [-0.25, -0.2) is 9.98 Å². The molecule has 1 atom stereocenters. The molecule has 0 amide bonds. The number of aromatic nitrogens is 2. The minimum atomic E-state index is -0.101. The molecule has 0 spiro atoms. The van der Waals surface area contributed by atoms with Crippen LogP contribution in [0.2, 0.25) is 0 Å². The molecule has 2 aromatic carbocycles. The summed E-state index contributed by atoms with van der Waals surface area (Å²) in [6, 6.07) is 18.0. The Hall–Kier alpha value is -3.21. The third-order valence-electron chi connectivity index (χ3n) is 4.63. The molecule has 0 N–H and O–H groups in total. The average Bonchev–Trinajstić information content (AvgIpc) is 3.23. The molecule has 1 aliphatic rings. The molecule has 1 unspecified atom stereocenters. The van der Waals surface area contributed by atoms with Crippen molar-refractivity contribution in [1.29, 1.82) is 0 Å². The fraction of sp³-hybridized carbons (Fsp3) is 0.190. The molecule has 3 aromatic rings. The Kier molecular flexibility index (Phi) is 4.35. The maximum absolute atomic E-state index is 12.4. The van der Waals surface area contributed by atoms with Crippen molar-refractivity contribution < 1.29 is 4.79 Å². The Morgan fingerprint density at radius 1 is 1.08 bits per heavy atom. The first-order valence-electron chi connectivity index (χ1n) is 8.80. The van der Waals surface area contributed by atoms with Crippen LogP contribution in [0.4, 0.5) is 11.4 Å². The molecular weight excluding hydrogens is 324 g/mol. The van der Waals surface area contributed by atoms with Crippen LogP contribution in [-0.4, -0.2) is 21.3 Å². The molecule has 26 heavy (non-hydrogen) atoms. The monoisotopic (exact) mass is 344 g/mol. The molecule has 0 aliphatic carbocycles. The molecule has 0 saturated heterocycles. The second-order valence-electron chi connectivity index (χ2n) is 6.26. The van der Waals surface area contributed by atoms with Crippen molar-refractivity contribution >= 4 is 23.1 Å². The van der Waals surface area contributed by atoms with Crippen molar-refractivity contribution in [2.45, 2.75) is 25.8 Å². The summed E-state index contributed by atoms with van der Waals surface area (Å²) >= 11 is 0. The number of carbonyl (C=O) groups is 1. The molecule has 1 aromatic heterocycles. The number of carbonyl (C=O) groups excluding carboxylic acids is 1. The Labute approximate surface area is 152 Å². The number of nitrogens with zero attached hydrogens (tertiary/aromatic N) is 4. The summed E-state index contributed by atoms with van der Waals surface area (Å²) in [5, 5.41) is 0. The summed E-state index contributed by atoms with van der Waals surface area (Å²) in [4.78, 5) is 23.6. The lowest BCUT2D eigenvalue weighted by Gasteiger charge is -2.38. The fourth-order valence-corrected chi connectivity index (χ4v) is 3.32. The molecule has 0 saturated carbocycles. The molecule has 1 aliphatic heterocycles. The van der Waals surface area contributed by atoms with Gasteiger partial charge in [-0.1, -0.05) is 43.3 Å². The van der Waals surface area contributed by atoms with E-state index in [2.05, 4.69) is 16.0 Å². The first kappa shape index (κ1) is 16.3. The number of hydrogen-bond donors (Lipinski definition) is 0. The Balaban J connectivity index is 1.91. The quantitative estimate of drug-likeness (QED) is 0.707. The minimum Gasteiger partial charge on any atom is -0.304 e. The van der Waals surface area contributed by atoms with E-state index < -0.39 is 0 Å². The summed E-state index contributed by atoms with van der Waals surface area (Å²) in [6.45, 7) is 1.91. The number of benzene rings is 2. The molecule has 0 bridgehead atoms. The van der Waals surface area contributed by atoms with Crippen LogP contribution in [0.25, 0.3) is 0 Å². The summed E-state index contributed by atoms with van der Waals surface area (Å²) in [7, 11) is 0. The molecule has 2 heterocycles. The van der Waals surface area contributed by atoms with Gasteiger partial charge in [0.1, 0.15) is 12.1 Å². The zero-order chi connectivity index (χ0) is 17.9. The lowest BCUT2D eigenvalue weighted by atomic mass is 9.95. The largest absolute Gasteiger partial charge is 0.304 e. The van der Waals surface area contributed by atoms with E-state index >= 15 is 0 Å².